The van der Waals surface area contributed by atoms with Gasteiger partial charge < -0.3 is 9.47 Å². The molecule has 0 saturated carbocycles. The van der Waals surface area contributed by atoms with Gasteiger partial charge in [-0.15, -0.1) is 0 Å². The SMILES string of the molecule is C=C(C)C(=O)Oc1ccc(-c2ccc(OC(=O)C(=C)C)c(F)c2)cc1. The maximum Gasteiger partial charge on any atom is 0.338 e. The van der Waals surface area contributed by atoms with E-state index in [2.05, 4.69) is 13.2 Å². The summed E-state index contributed by atoms with van der Waals surface area (Å²) in [7, 11) is 0. The highest BCUT2D eigenvalue weighted by Gasteiger charge is 2.12. The van der Waals surface area contributed by atoms with E-state index in [4.69, 9.17) is 9.47 Å². The van der Waals surface area contributed by atoms with E-state index in [0.29, 0.717) is 22.4 Å². The lowest BCUT2D eigenvalue weighted by Gasteiger charge is -2.08. The average molecular weight is 340 g/mol. The Hall–Kier alpha value is -3.21. The molecule has 2 aromatic carbocycles. The Morgan fingerprint density at radius 1 is 0.840 bits per heavy atom. The number of esters is 2. The number of hydrogen-bond donors (Lipinski definition) is 0. The van der Waals surface area contributed by atoms with Gasteiger partial charge in [-0.1, -0.05) is 31.4 Å². The number of ether oxygens (including phenoxy) is 2. The van der Waals surface area contributed by atoms with Crippen LogP contribution < -0.4 is 9.47 Å². The zero-order chi connectivity index (χ0) is 18.6. The molecule has 0 radical (unpaired) electrons. The number of benzene rings is 2. The lowest BCUT2D eigenvalue weighted by Crippen LogP contribution is -2.09. The normalized spacial score (nSPS) is 10.0. The average Bonchev–Trinajstić information content (AvgIpc) is 2.57. The molecule has 0 unspecified atom stereocenters. The molecule has 0 bridgehead atoms. The van der Waals surface area contributed by atoms with Gasteiger partial charge in [-0.2, -0.15) is 0 Å². The Kier molecular flexibility index (Phi) is 5.49. The summed E-state index contributed by atoms with van der Waals surface area (Å²) >= 11 is 0. The van der Waals surface area contributed by atoms with Crippen molar-refractivity contribution in [2.24, 2.45) is 0 Å². The third-order valence-corrected chi connectivity index (χ3v) is 3.23. The minimum absolute atomic E-state index is 0.163. The van der Waals surface area contributed by atoms with Gasteiger partial charge in [0.2, 0.25) is 0 Å². The molecule has 0 N–H and O–H groups in total. The first-order chi connectivity index (χ1) is 11.8. The quantitative estimate of drug-likeness (QED) is 0.458. The Morgan fingerprint density at radius 3 is 1.88 bits per heavy atom. The van der Waals surface area contributed by atoms with E-state index in [1.807, 2.05) is 0 Å². The van der Waals surface area contributed by atoms with Crippen molar-refractivity contribution in [2.75, 3.05) is 0 Å². The van der Waals surface area contributed by atoms with Crippen LogP contribution in [0.1, 0.15) is 13.8 Å². The second kappa shape index (κ2) is 7.57. The zero-order valence-electron chi connectivity index (χ0n) is 14.0. The summed E-state index contributed by atoms with van der Waals surface area (Å²) in [5.74, 6) is -1.66. The molecule has 0 aromatic heterocycles. The molecule has 2 rings (SSSR count). The van der Waals surface area contributed by atoms with Gasteiger partial charge in [0.25, 0.3) is 0 Å². The summed E-state index contributed by atoms with van der Waals surface area (Å²) in [4.78, 5) is 22.9. The fourth-order valence-electron chi connectivity index (χ4n) is 1.86. The highest BCUT2D eigenvalue weighted by Crippen LogP contribution is 2.27. The number of carbonyl (C=O) groups excluding carboxylic acids is 2. The van der Waals surface area contributed by atoms with Gasteiger partial charge in [0.05, 0.1) is 0 Å². The van der Waals surface area contributed by atoms with Gasteiger partial charge in [0.1, 0.15) is 5.75 Å². The minimum atomic E-state index is -0.685. The second-order valence-electron chi connectivity index (χ2n) is 5.51. The van der Waals surface area contributed by atoms with Gasteiger partial charge in [-0.3, -0.25) is 0 Å². The Labute approximate surface area is 145 Å². The summed E-state index contributed by atoms with van der Waals surface area (Å²) < 4.78 is 24.1. The molecule has 0 fully saturated rings. The number of halogens is 1. The van der Waals surface area contributed by atoms with Gasteiger partial charge in [-0.25, -0.2) is 14.0 Å². The molecule has 5 heteroatoms. The summed E-state index contributed by atoms with van der Waals surface area (Å²) in [6, 6.07) is 10.8. The van der Waals surface area contributed by atoms with Crippen LogP contribution in [0.15, 0.2) is 66.8 Å². The molecular weight excluding hydrogens is 323 g/mol. The van der Waals surface area contributed by atoms with Crippen LogP contribution in [0.25, 0.3) is 11.1 Å². The third kappa shape index (κ3) is 4.64. The van der Waals surface area contributed by atoms with Crippen molar-refractivity contribution in [3.05, 3.63) is 72.6 Å². The molecule has 4 nitrogen and oxygen atoms in total. The molecular formula is C20H17FO4. The summed E-state index contributed by atoms with van der Waals surface area (Å²) in [6.45, 7) is 10.00. The van der Waals surface area contributed by atoms with Crippen LogP contribution in [-0.4, -0.2) is 11.9 Å². The fourth-order valence-corrected chi connectivity index (χ4v) is 1.86. The van der Waals surface area contributed by atoms with Crippen LogP contribution in [0.2, 0.25) is 0 Å². The third-order valence-electron chi connectivity index (χ3n) is 3.23. The van der Waals surface area contributed by atoms with Crippen molar-refractivity contribution in [3.8, 4) is 22.6 Å². The summed E-state index contributed by atoms with van der Waals surface area (Å²) in [5, 5.41) is 0. The first-order valence-corrected chi connectivity index (χ1v) is 7.43. The molecule has 0 atom stereocenters. The zero-order valence-corrected chi connectivity index (χ0v) is 14.0. The standard InChI is InChI=1S/C20H17FO4/c1-12(2)19(22)24-16-8-5-14(6-9-16)15-7-10-18(17(21)11-15)25-20(23)13(3)4/h5-11H,1,3H2,2,4H3. The van der Waals surface area contributed by atoms with Gasteiger partial charge in [0.15, 0.2) is 11.6 Å². The van der Waals surface area contributed by atoms with Gasteiger partial charge in [-0.05, 0) is 49.2 Å². The first-order valence-electron chi connectivity index (χ1n) is 7.43. The van der Waals surface area contributed by atoms with Crippen LogP contribution in [0.3, 0.4) is 0 Å². The topological polar surface area (TPSA) is 52.6 Å². The van der Waals surface area contributed by atoms with Gasteiger partial charge >= 0.3 is 11.9 Å². The molecule has 128 valence electrons. The largest absolute Gasteiger partial charge is 0.423 e. The van der Waals surface area contributed by atoms with E-state index < -0.39 is 17.8 Å². The Bertz CT molecular complexity index is 850. The summed E-state index contributed by atoms with van der Waals surface area (Å²) in [6.07, 6.45) is 0. The maximum absolute atomic E-state index is 14.1. The monoisotopic (exact) mass is 340 g/mol. The fraction of sp³-hybridized carbons (Fsp3) is 0.100. The number of carbonyl (C=O) groups is 2. The van der Waals surface area contributed by atoms with Crippen LogP contribution in [-0.2, 0) is 9.59 Å². The van der Waals surface area contributed by atoms with Crippen molar-refractivity contribution >= 4 is 11.9 Å². The van der Waals surface area contributed by atoms with Crippen molar-refractivity contribution in [1.82, 2.24) is 0 Å². The molecule has 0 saturated heterocycles. The molecule has 0 aliphatic rings. The summed E-state index contributed by atoms with van der Waals surface area (Å²) in [5.41, 5.74) is 1.78. The predicted octanol–water partition coefficient (Wildman–Crippen LogP) is 4.46. The maximum atomic E-state index is 14.1. The van der Waals surface area contributed by atoms with E-state index in [-0.39, 0.29) is 11.3 Å². The molecule has 0 aliphatic heterocycles. The Balaban J connectivity index is 2.18. The lowest BCUT2D eigenvalue weighted by molar-refractivity contribution is -0.131. The predicted molar refractivity (Wildman–Crippen MR) is 92.7 cm³/mol. The van der Waals surface area contributed by atoms with E-state index in [0.717, 1.165) is 0 Å². The van der Waals surface area contributed by atoms with E-state index in [1.54, 1.807) is 37.3 Å². The van der Waals surface area contributed by atoms with Crippen molar-refractivity contribution in [3.63, 3.8) is 0 Å². The van der Waals surface area contributed by atoms with Crippen LogP contribution in [0.5, 0.6) is 11.5 Å². The minimum Gasteiger partial charge on any atom is -0.423 e. The van der Waals surface area contributed by atoms with Gasteiger partial charge in [0, 0.05) is 11.1 Å². The molecule has 2 aromatic rings. The van der Waals surface area contributed by atoms with Crippen LogP contribution in [0, 0.1) is 5.82 Å². The Morgan fingerprint density at radius 2 is 1.36 bits per heavy atom. The molecule has 0 heterocycles. The highest BCUT2D eigenvalue weighted by atomic mass is 19.1. The molecule has 0 aliphatic carbocycles. The van der Waals surface area contributed by atoms with Crippen molar-refractivity contribution < 1.29 is 23.5 Å². The van der Waals surface area contributed by atoms with Crippen molar-refractivity contribution in [1.29, 1.82) is 0 Å². The lowest BCUT2D eigenvalue weighted by atomic mass is 10.1. The van der Waals surface area contributed by atoms with E-state index in [9.17, 15) is 14.0 Å². The smallest absolute Gasteiger partial charge is 0.338 e. The van der Waals surface area contributed by atoms with E-state index >= 15 is 0 Å². The first kappa shape index (κ1) is 18.1. The van der Waals surface area contributed by atoms with Crippen LogP contribution >= 0.6 is 0 Å². The number of rotatable bonds is 5. The number of hydrogen-bond acceptors (Lipinski definition) is 4. The highest BCUT2D eigenvalue weighted by molar-refractivity contribution is 5.89. The molecule has 25 heavy (non-hydrogen) atoms. The van der Waals surface area contributed by atoms with Crippen LogP contribution in [0.4, 0.5) is 4.39 Å². The second-order valence-corrected chi connectivity index (χ2v) is 5.51. The molecule has 0 spiro atoms. The van der Waals surface area contributed by atoms with Crippen molar-refractivity contribution in [2.45, 2.75) is 13.8 Å². The van der Waals surface area contributed by atoms with E-state index in [1.165, 1.54) is 19.1 Å². The molecule has 0 amide bonds.